The Morgan fingerprint density at radius 1 is 1.12 bits per heavy atom. The fraction of sp³-hybridized carbons (Fsp3) is 0.200. The summed E-state index contributed by atoms with van der Waals surface area (Å²) in [6.45, 7) is 0. The number of rotatable bonds is 5. The molecule has 0 unspecified atom stereocenters. The minimum Gasteiger partial charge on any atom is -0.406 e. The summed E-state index contributed by atoms with van der Waals surface area (Å²) >= 11 is 0.880. The molecular formula is C15H10F6N2O2S. The van der Waals surface area contributed by atoms with Crippen LogP contribution in [0.2, 0.25) is 0 Å². The van der Waals surface area contributed by atoms with Crippen molar-refractivity contribution in [1.29, 1.82) is 0 Å². The number of halogens is 6. The maximum atomic E-state index is 12.4. The molecule has 1 heterocycles. The molecule has 0 radical (unpaired) electrons. The van der Waals surface area contributed by atoms with Gasteiger partial charge in [0.25, 0.3) is 0 Å². The molecule has 0 saturated carbocycles. The van der Waals surface area contributed by atoms with Gasteiger partial charge in [0.05, 0.1) is 16.3 Å². The Kier molecular flexibility index (Phi) is 6.01. The van der Waals surface area contributed by atoms with Crippen LogP contribution in [0.5, 0.6) is 5.75 Å². The van der Waals surface area contributed by atoms with Gasteiger partial charge in [-0.15, -0.1) is 13.2 Å². The van der Waals surface area contributed by atoms with Crippen molar-refractivity contribution in [2.75, 3.05) is 11.1 Å². The molecule has 1 aromatic carbocycles. The largest absolute Gasteiger partial charge is 0.573 e. The van der Waals surface area contributed by atoms with E-state index in [4.69, 9.17) is 0 Å². The number of carbonyl (C=O) groups excluding carboxylic acids is 1. The van der Waals surface area contributed by atoms with Crippen molar-refractivity contribution in [2.24, 2.45) is 0 Å². The van der Waals surface area contributed by atoms with E-state index in [-0.39, 0.29) is 16.5 Å². The molecule has 0 bridgehead atoms. The Hall–Kier alpha value is -2.43. The van der Waals surface area contributed by atoms with E-state index in [0.29, 0.717) is 6.20 Å². The van der Waals surface area contributed by atoms with Crippen LogP contribution in [0.15, 0.2) is 47.6 Å². The summed E-state index contributed by atoms with van der Waals surface area (Å²) in [5.74, 6) is -1.25. The molecule has 11 heteroatoms. The minimum absolute atomic E-state index is 0.0812. The molecule has 1 N–H and O–H groups in total. The van der Waals surface area contributed by atoms with E-state index < -0.39 is 29.8 Å². The summed E-state index contributed by atoms with van der Waals surface area (Å²) in [4.78, 5) is 15.4. The van der Waals surface area contributed by atoms with Gasteiger partial charge in [0.2, 0.25) is 5.91 Å². The summed E-state index contributed by atoms with van der Waals surface area (Å²) in [5, 5.41) is 2.56. The molecule has 0 spiro atoms. The Morgan fingerprint density at radius 3 is 2.42 bits per heavy atom. The normalized spacial score (nSPS) is 11.9. The zero-order valence-corrected chi connectivity index (χ0v) is 13.5. The van der Waals surface area contributed by atoms with E-state index in [9.17, 15) is 31.1 Å². The molecule has 1 aromatic heterocycles. The molecule has 0 aliphatic rings. The SMILES string of the molecule is O=C(CSc1ccc(C(F)(F)F)cn1)Nc1cccc(OC(F)(F)F)c1. The number of carbonyl (C=O) groups is 1. The number of hydrogen-bond acceptors (Lipinski definition) is 4. The highest BCUT2D eigenvalue weighted by Crippen LogP contribution is 2.29. The molecule has 0 atom stereocenters. The first-order chi connectivity index (χ1) is 12.0. The number of alkyl halides is 6. The maximum absolute atomic E-state index is 12.4. The Bertz CT molecular complexity index is 762. The smallest absolute Gasteiger partial charge is 0.406 e. The third kappa shape index (κ3) is 6.47. The fourth-order valence-corrected chi connectivity index (χ4v) is 2.38. The summed E-state index contributed by atoms with van der Waals surface area (Å²) in [7, 11) is 0. The number of hydrogen-bond donors (Lipinski definition) is 1. The summed E-state index contributed by atoms with van der Waals surface area (Å²) in [6, 6.07) is 6.66. The lowest BCUT2D eigenvalue weighted by Gasteiger charge is -2.10. The summed E-state index contributed by atoms with van der Waals surface area (Å²) in [5.41, 5.74) is -0.828. The van der Waals surface area contributed by atoms with Crippen molar-refractivity contribution in [2.45, 2.75) is 17.6 Å². The Labute approximate surface area is 147 Å². The van der Waals surface area contributed by atoms with Gasteiger partial charge in [-0.05, 0) is 24.3 Å². The van der Waals surface area contributed by atoms with Crippen LogP contribution in [0.25, 0.3) is 0 Å². The summed E-state index contributed by atoms with van der Waals surface area (Å²) < 4.78 is 77.5. The second-order valence-corrected chi connectivity index (χ2v) is 5.79. The highest BCUT2D eigenvalue weighted by molar-refractivity contribution is 7.99. The number of pyridine rings is 1. The third-order valence-corrected chi connectivity index (χ3v) is 3.71. The average molecular weight is 396 g/mol. The molecule has 2 aromatic rings. The third-order valence-electron chi connectivity index (χ3n) is 2.77. The lowest BCUT2D eigenvalue weighted by molar-refractivity contribution is -0.274. The molecule has 0 aliphatic carbocycles. The van der Waals surface area contributed by atoms with Crippen LogP contribution in [0.1, 0.15) is 5.56 Å². The summed E-state index contributed by atoms with van der Waals surface area (Å²) in [6.07, 6.45) is -8.71. The number of thioether (sulfide) groups is 1. The van der Waals surface area contributed by atoms with Crippen molar-refractivity contribution >= 4 is 23.4 Å². The molecule has 4 nitrogen and oxygen atoms in total. The standard InChI is InChI=1S/C15H10F6N2O2S/c16-14(17,18)9-4-5-13(22-7-9)26-8-12(24)23-10-2-1-3-11(6-10)25-15(19,20)21/h1-7H,8H2,(H,23,24). The first-order valence-corrected chi connectivity index (χ1v) is 7.83. The van der Waals surface area contributed by atoms with Crippen LogP contribution in [0, 0.1) is 0 Å². The van der Waals surface area contributed by atoms with Crippen molar-refractivity contribution in [3.05, 3.63) is 48.2 Å². The monoisotopic (exact) mass is 396 g/mol. The van der Waals surface area contributed by atoms with E-state index in [2.05, 4.69) is 15.0 Å². The molecule has 0 fully saturated rings. The van der Waals surface area contributed by atoms with E-state index in [1.54, 1.807) is 0 Å². The maximum Gasteiger partial charge on any atom is 0.573 e. The van der Waals surface area contributed by atoms with Crippen LogP contribution < -0.4 is 10.1 Å². The van der Waals surface area contributed by atoms with E-state index >= 15 is 0 Å². The van der Waals surface area contributed by atoms with E-state index in [1.165, 1.54) is 12.1 Å². The van der Waals surface area contributed by atoms with Crippen molar-refractivity contribution < 1.29 is 35.9 Å². The van der Waals surface area contributed by atoms with Gasteiger partial charge >= 0.3 is 12.5 Å². The number of nitrogens with one attached hydrogen (secondary N) is 1. The van der Waals surface area contributed by atoms with E-state index in [1.807, 2.05) is 0 Å². The van der Waals surface area contributed by atoms with Gasteiger partial charge in [-0.25, -0.2) is 4.98 Å². The van der Waals surface area contributed by atoms with Crippen LogP contribution in [0.4, 0.5) is 32.0 Å². The van der Waals surface area contributed by atoms with Gasteiger partial charge in [0.15, 0.2) is 0 Å². The lowest BCUT2D eigenvalue weighted by atomic mass is 10.3. The van der Waals surface area contributed by atoms with Gasteiger partial charge < -0.3 is 10.1 Å². The van der Waals surface area contributed by atoms with Crippen LogP contribution in [-0.2, 0) is 11.0 Å². The first kappa shape index (κ1) is 19.9. The molecular weight excluding hydrogens is 386 g/mol. The zero-order chi connectivity index (χ0) is 19.4. The molecule has 0 saturated heterocycles. The molecule has 26 heavy (non-hydrogen) atoms. The van der Waals surface area contributed by atoms with Gasteiger partial charge in [0.1, 0.15) is 5.75 Å². The van der Waals surface area contributed by atoms with Crippen LogP contribution >= 0.6 is 11.8 Å². The average Bonchev–Trinajstić information content (AvgIpc) is 2.51. The fourth-order valence-electron chi connectivity index (χ4n) is 1.74. The second kappa shape index (κ2) is 7.85. The predicted molar refractivity (Wildman–Crippen MR) is 81.7 cm³/mol. The van der Waals surface area contributed by atoms with Crippen LogP contribution in [0.3, 0.4) is 0 Å². The van der Waals surface area contributed by atoms with Crippen molar-refractivity contribution in [1.82, 2.24) is 4.98 Å². The zero-order valence-electron chi connectivity index (χ0n) is 12.7. The Morgan fingerprint density at radius 2 is 1.85 bits per heavy atom. The topological polar surface area (TPSA) is 51.2 Å². The lowest BCUT2D eigenvalue weighted by Crippen LogP contribution is -2.18. The van der Waals surface area contributed by atoms with Crippen molar-refractivity contribution in [3.8, 4) is 5.75 Å². The number of aromatic nitrogens is 1. The molecule has 0 aliphatic heterocycles. The van der Waals surface area contributed by atoms with Crippen LogP contribution in [-0.4, -0.2) is 23.0 Å². The number of nitrogens with zero attached hydrogens (tertiary/aromatic N) is 1. The minimum atomic E-state index is -4.85. The second-order valence-electron chi connectivity index (χ2n) is 4.80. The number of amides is 1. The predicted octanol–water partition coefficient (Wildman–Crippen LogP) is 4.73. The van der Waals surface area contributed by atoms with Crippen molar-refractivity contribution in [3.63, 3.8) is 0 Å². The highest BCUT2D eigenvalue weighted by atomic mass is 32.2. The van der Waals surface area contributed by atoms with Gasteiger partial charge in [-0.1, -0.05) is 17.8 Å². The number of anilines is 1. The molecule has 2 rings (SSSR count). The number of ether oxygens (including phenoxy) is 1. The molecule has 140 valence electrons. The first-order valence-electron chi connectivity index (χ1n) is 6.85. The van der Waals surface area contributed by atoms with Gasteiger partial charge in [0, 0.05) is 18.0 Å². The van der Waals surface area contributed by atoms with Gasteiger partial charge in [-0.2, -0.15) is 13.2 Å². The van der Waals surface area contributed by atoms with E-state index in [0.717, 1.165) is 36.0 Å². The van der Waals surface area contributed by atoms with Gasteiger partial charge in [-0.3, -0.25) is 4.79 Å². The quantitative estimate of drug-likeness (QED) is 0.587. The Balaban J connectivity index is 1.90. The molecule has 1 amide bonds. The number of benzene rings is 1. The highest BCUT2D eigenvalue weighted by Gasteiger charge is 2.31.